The van der Waals surface area contributed by atoms with E-state index in [2.05, 4.69) is 176 Å². The molecule has 0 saturated heterocycles. The number of nitrogens with zero attached hydrogens (tertiary/aromatic N) is 3. The Labute approximate surface area is 326 Å². The van der Waals surface area contributed by atoms with Crippen molar-refractivity contribution in [2.45, 2.75) is 0 Å². The maximum absolute atomic E-state index is 5.42. The molecular formula is C53H35N3. The first-order valence-electron chi connectivity index (χ1n) is 18.9. The van der Waals surface area contributed by atoms with Crippen LogP contribution in [-0.2, 0) is 0 Å². The Morgan fingerprint density at radius 2 is 0.679 bits per heavy atom. The maximum Gasteiger partial charge on any atom is 0.160 e. The molecule has 0 radical (unpaired) electrons. The van der Waals surface area contributed by atoms with Gasteiger partial charge >= 0.3 is 0 Å². The van der Waals surface area contributed by atoms with Crippen molar-refractivity contribution in [1.82, 2.24) is 15.0 Å². The molecule has 0 fully saturated rings. The van der Waals surface area contributed by atoms with Gasteiger partial charge in [0, 0.05) is 33.2 Å². The van der Waals surface area contributed by atoms with Crippen LogP contribution >= 0.6 is 0 Å². The second kappa shape index (κ2) is 14.4. The highest BCUT2D eigenvalue weighted by Crippen LogP contribution is 2.42. The van der Waals surface area contributed by atoms with Gasteiger partial charge in [-0.3, -0.25) is 0 Å². The van der Waals surface area contributed by atoms with Gasteiger partial charge in [-0.15, -0.1) is 0 Å². The number of hydrogen-bond acceptors (Lipinski definition) is 3. The Bertz CT molecular complexity index is 2900. The van der Waals surface area contributed by atoms with Gasteiger partial charge in [0.05, 0.1) is 22.6 Å². The largest absolute Gasteiger partial charge is 0.247 e. The van der Waals surface area contributed by atoms with E-state index in [1.807, 2.05) is 36.4 Å². The van der Waals surface area contributed by atoms with Crippen LogP contribution < -0.4 is 0 Å². The molecule has 2 aromatic heterocycles. The van der Waals surface area contributed by atoms with Crippen molar-refractivity contribution in [1.29, 1.82) is 0 Å². The third-order valence-electron chi connectivity index (χ3n) is 10.5. The number of fused-ring (bicyclic) bond motifs is 3. The van der Waals surface area contributed by atoms with Crippen LogP contribution in [0.5, 0.6) is 0 Å². The first-order valence-corrected chi connectivity index (χ1v) is 18.9. The summed E-state index contributed by atoms with van der Waals surface area (Å²) in [5.74, 6) is 0.712. The zero-order chi connectivity index (χ0) is 37.3. The number of aromatic nitrogens is 3. The molecule has 10 aromatic rings. The van der Waals surface area contributed by atoms with Gasteiger partial charge in [-0.2, -0.15) is 0 Å². The summed E-state index contributed by atoms with van der Waals surface area (Å²) in [6.45, 7) is 0. The van der Waals surface area contributed by atoms with Crippen molar-refractivity contribution in [2.75, 3.05) is 0 Å². The van der Waals surface area contributed by atoms with Crippen molar-refractivity contribution in [3.63, 3.8) is 0 Å². The van der Waals surface area contributed by atoms with Gasteiger partial charge in [0.25, 0.3) is 0 Å². The van der Waals surface area contributed by atoms with E-state index in [1.54, 1.807) is 0 Å². The van der Waals surface area contributed by atoms with Gasteiger partial charge in [-0.1, -0.05) is 194 Å². The number of benzene rings is 8. The molecule has 0 aliphatic rings. The molecule has 0 N–H and O–H groups in total. The normalized spacial score (nSPS) is 11.2. The molecule has 0 bridgehead atoms. The molecule has 0 aliphatic carbocycles. The van der Waals surface area contributed by atoms with Crippen LogP contribution in [0.25, 0.3) is 100 Å². The van der Waals surface area contributed by atoms with Crippen LogP contribution in [-0.4, -0.2) is 15.0 Å². The quantitative estimate of drug-likeness (QED) is 0.154. The van der Waals surface area contributed by atoms with Gasteiger partial charge in [0.15, 0.2) is 5.82 Å². The average Bonchev–Trinajstić information content (AvgIpc) is 3.29. The molecule has 0 spiro atoms. The minimum atomic E-state index is 0.712. The highest BCUT2D eigenvalue weighted by Gasteiger charge is 2.17. The molecule has 56 heavy (non-hydrogen) atoms. The van der Waals surface area contributed by atoms with Gasteiger partial charge < -0.3 is 0 Å². The van der Waals surface area contributed by atoms with Gasteiger partial charge in [-0.05, 0) is 56.8 Å². The summed E-state index contributed by atoms with van der Waals surface area (Å²) in [6.07, 6.45) is 0. The van der Waals surface area contributed by atoms with E-state index in [9.17, 15) is 0 Å². The molecular weight excluding hydrogens is 679 g/mol. The summed E-state index contributed by atoms with van der Waals surface area (Å²) < 4.78 is 0. The highest BCUT2D eigenvalue weighted by molar-refractivity contribution is 6.18. The van der Waals surface area contributed by atoms with Crippen LogP contribution in [0.15, 0.2) is 212 Å². The van der Waals surface area contributed by atoms with Crippen molar-refractivity contribution in [2.24, 2.45) is 0 Å². The zero-order valence-electron chi connectivity index (χ0n) is 30.5. The second-order valence-electron chi connectivity index (χ2n) is 14.0. The Morgan fingerprint density at radius 1 is 0.268 bits per heavy atom. The fourth-order valence-corrected chi connectivity index (χ4v) is 7.65. The first kappa shape index (κ1) is 33.1. The predicted octanol–water partition coefficient (Wildman–Crippen LogP) is 13.8. The second-order valence-corrected chi connectivity index (χ2v) is 14.0. The predicted molar refractivity (Wildman–Crippen MR) is 233 cm³/mol. The van der Waals surface area contributed by atoms with Crippen molar-refractivity contribution >= 4 is 21.7 Å². The number of rotatable bonds is 7. The van der Waals surface area contributed by atoms with Crippen molar-refractivity contribution in [3.8, 4) is 78.5 Å². The summed E-state index contributed by atoms with van der Waals surface area (Å²) in [6, 6.07) is 74.5. The molecule has 0 atom stereocenters. The molecule has 0 aliphatic heterocycles. The minimum Gasteiger partial charge on any atom is -0.247 e. The lowest BCUT2D eigenvalue weighted by Crippen LogP contribution is -1.95. The lowest BCUT2D eigenvalue weighted by Gasteiger charge is -2.17. The Balaban J connectivity index is 1.05. The molecule has 0 unspecified atom stereocenters. The van der Waals surface area contributed by atoms with E-state index < -0.39 is 0 Å². The smallest absolute Gasteiger partial charge is 0.160 e. The highest BCUT2D eigenvalue weighted by atomic mass is 14.9. The molecule has 0 saturated carbocycles. The standard InChI is InChI=1S/C53H35N3/c1-5-15-38(16-6-1)46-34-48(40-17-7-2-8-18-40)54-52-47(33-44-23-13-14-24-45(44)51(46)52)39-29-25-36(26-30-39)37-27-31-42(32-28-37)50-35-49(41-19-9-3-10-20-41)55-53(56-50)43-21-11-4-12-22-43/h1-35H. The molecule has 0 amide bonds. The lowest BCUT2D eigenvalue weighted by molar-refractivity contribution is 1.18. The number of pyridine rings is 1. The maximum atomic E-state index is 5.42. The molecule has 10 rings (SSSR count). The zero-order valence-corrected chi connectivity index (χ0v) is 30.5. The Kier molecular flexibility index (Phi) is 8.51. The molecule has 8 aromatic carbocycles. The van der Waals surface area contributed by atoms with Crippen LogP contribution in [0, 0.1) is 0 Å². The van der Waals surface area contributed by atoms with Gasteiger partial charge in [0.1, 0.15) is 0 Å². The monoisotopic (exact) mass is 713 g/mol. The fourth-order valence-electron chi connectivity index (χ4n) is 7.65. The van der Waals surface area contributed by atoms with Crippen LogP contribution in [0.1, 0.15) is 0 Å². The van der Waals surface area contributed by atoms with Crippen LogP contribution in [0.4, 0.5) is 0 Å². The summed E-state index contributed by atoms with van der Waals surface area (Å²) in [7, 11) is 0. The molecule has 262 valence electrons. The summed E-state index contributed by atoms with van der Waals surface area (Å²) in [5.41, 5.74) is 14.8. The minimum absolute atomic E-state index is 0.712. The van der Waals surface area contributed by atoms with Gasteiger partial charge in [0.2, 0.25) is 0 Å². The van der Waals surface area contributed by atoms with E-state index >= 15 is 0 Å². The topological polar surface area (TPSA) is 38.7 Å². The third kappa shape index (κ3) is 6.31. The van der Waals surface area contributed by atoms with E-state index in [0.717, 1.165) is 67.1 Å². The Morgan fingerprint density at radius 3 is 1.25 bits per heavy atom. The van der Waals surface area contributed by atoms with Crippen LogP contribution in [0.2, 0.25) is 0 Å². The summed E-state index contributed by atoms with van der Waals surface area (Å²) >= 11 is 0. The average molecular weight is 714 g/mol. The molecule has 3 nitrogen and oxygen atoms in total. The molecule has 2 heterocycles. The SMILES string of the molecule is c1ccc(-c2cc(-c3ccc(-c4ccc(-c5cc6ccccc6c6c(-c7ccccc7)cc(-c7ccccc7)nc56)cc4)cc3)nc(-c3ccccc3)n2)cc1. The van der Waals surface area contributed by atoms with E-state index in [4.69, 9.17) is 15.0 Å². The molecule has 3 heteroatoms. The van der Waals surface area contributed by atoms with E-state index in [1.165, 1.54) is 27.3 Å². The fraction of sp³-hybridized carbons (Fsp3) is 0. The third-order valence-corrected chi connectivity index (χ3v) is 10.5. The Hall–Kier alpha value is -7.49. The van der Waals surface area contributed by atoms with Gasteiger partial charge in [-0.25, -0.2) is 15.0 Å². The van der Waals surface area contributed by atoms with Crippen molar-refractivity contribution < 1.29 is 0 Å². The van der Waals surface area contributed by atoms with Crippen molar-refractivity contribution in [3.05, 3.63) is 212 Å². The first-order chi connectivity index (χ1) is 27.7. The summed E-state index contributed by atoms with van der Waals surface area (Å²) in [4.78, 5) is 15.4. The van der Waals surface area contributed by atoms with E-state index in [-0.39, 0.29) is 0 Å². The van der Waals surface area contributed by atoms with Crippen LogP contribution in [0.3, 0.4) is 0 Å². The number of hydrogen-bond donors (Lipinski definition) is 0. The lowest BCUT2D eigenvalue weighted by atomic mass is 9.90. The summed E-state index contributed by atoms with van der Waals surface area (Å²) in [5, 5.41) is 3.56. The van der Waals surface area contributed by atoms with E-state index in [0.29, 0.717) is 5.82 Å².